The summed E-state index contributed by atoms with van der Waals surface area (Å²) in [6, 6.07) is 10.4. The zero-order chi connectivity index (χ0) is 19.3. The number of carbonyl (C=O) groups excluding carboxylic acids is 1. The van der Waals surface area contributed by atoms with Gasteiger partial charge in [-0.05, 0) is 36.7 Å². The second-order valence-corrected chi connectivity index (χ2v) is 7.74. The van der Waals surface area contributed by atoms with E-state index in [1.54, 1.807) is 24.0 Å². The molecule has 1 amide bonds. The van der Waals surface area contributed by atoms with Gasteiger partial charge in [-0.15, -0.1) is 12.4 Å². The fourth-order valence-electron chi connectivity index (χ4n) is 4.87. The Labute approximate surface area is 175 Å². The van der Waals surface area contributed by atoms with Gasteiger partial charge in [-0.1, -0.05) is 12.1 Å². The molecule has 0 radical (unpaired) electrons. The number of ether oxygens (including phenoxy) is 1. The first-order valence-electron chi connectivity index (χ1n) is 9.57. The minimum absolute atomic E-state index is 0. The number of halogens is 1. The number of carbonyl (C=O) groups is 1. The van der Waals surface area contributed by atoms with Gasteiger partial charge >= 0.3 is 0 Å². The highest BCUT2D eigenvalue weighted by Crippen LogP contribution is 2.44. The molecule has 5 rings (SSSR count). The van der Waals surface area contributed by atoms with Crippen molar-refractivity contribution in [3.8, 4) is 5.75 Å². The molecule has 4 heterocycles. The molecular formula is C21H24ClN5O2. The second kappa shape index (κ2) is 7.65. The molecule has 8 heteroatoms. The topological polar surface area (TPSA) is 63.0 Å². The Morgan fingerprint density at radius 2 is 1.97 bits per heavy atom. The van der Waals surface area contributed by atoms with E-state index in [2.05, 4.69) is 34.2 Å². The van der Waals surface area contributed by atoms with Gasteiger partial charge < -0.3 is 9.64 Å². The molecule has 2 saturated heterocycles. The molecule has 3 atom stereocenters. The third kappa shape index (κ3) is 3.24. The first kappa shape index (κ1) is 19.7. The van der Waals surface area contributed by atoms with E-state index in [0.717, 1.165) is 25.4 Å². The minimum atomic E-state index is 0. The van der Waals surface area contributed by atoms with Crippen molar-refractivity contribution >= 4 is 24.0 Å². The van der Waals surface area contributed by atoms with Gasteiger partial charge in [-0.2, -0.15) is 5.10 Å². The summed E-state index contributed by atoms with van der Waals surface area (Å²) < 4.78 is 6.94. The number of aromatic nitrogens is 3. The number of hydrogen-bond acceptors (Lipinski definition) is 5. The van der Waals surface area contributed by atoms with E-state index in [0.29, 0.717) is 29.1 Å². The summed E-state index contributed by atoms with van der Waals surface area (Å²) in [5.74, 6) is 1.80. The average molecular weight is 414 g/mol. The molecule has 3 aromatic rings. The van der Waals surface area contributed by atoms with Crippen LogP contribution in [0.3, 0.4) is 0 Å². The molecule has 152 valence electrons. The van der Waals surface area contributed by atoms with Crippen molar-refractivity contribution in [3.05, 3.63) is 60.0 Å². The van der Waals surface area contributed by atoms with Crippen LogP contribution in [-0.2, 0) is 0 Å². The Bertz CT molecular complexity index is 1020. The predicted octanol–water partition coefficient (Wildman–Crippen LogP) is 2.53. The van der Waals surface area contributed by atoms with Crippen LogP contribution in [-0.4, -0.2) is 64.1 Å². The fourth-order valence-corrected chi connectivity index (χ4v) is 4.87. The van der Waals surface area contributed by atoms with Crippen molar-refractivity contribution < 1.29 is 9.53 Å². The van der Waals surface area contributed by atoms with Crippen LogP contribution in [0.15, 0.2) is 48.9 Å². The molecule has 0 N–H and O–H groups in total. The van der Waals surface area contributed by atoms with Gasteiger partial charge in [0.15, 0.2) is 5.65 Å². The van der Waals surface area contributed by atoms with Crippen LogP contribution in [0.2, 0.25) is 0 Å². The van der Waals surface area contributed by atoms with Crippen molar-refractivity contribution in [2.24, 2.45) is 11.8 Å². The van der Waals surface area contributed by atoms with Crippen molar-refractivity contribution in [1.82, 2.24) is 24.4 Å². The number of hydrogen-bond donors (Lipinski definition) is 0. The molecule has 0 spiro atoms. The maximum atomic E-state index is 13.2. The lowest BCUT2D eigenvalue weighted by molar-refractivity contribution is 0.0769. The molecule has 0 aliphatic carbocycles. The number of likely N-dealkylation sites (tertiary alicyclic amines) is 2. The molecule has 2 aliphatic rings. The van der Waals surface area contributed by atoms with Crippen LogP contribution >= 0.6 is 12.4 Å². The summed E-state index contributed by atoms with van der Waals surface area (Å²) in [6.07, 6.45) is 5.14. The molecule has 2 aromatic heterocycles. The Balaban J connectivity index is 0.00000205. The molecule has 0 bridgehead atoms. The number of nitrogens with zero attached hydrogens (tertiary/aromatic N) is 5. The van der Waals surface area contributed by atoms with E-state index in [4.69, 9.17) is 4.74 Å². The summed E-state index contributed by atoms with van der Waals surface area (Å²) in [6.45, 7) is 2.54. The van der Waals surface area contributed by atoms with Gasteiger partial charge in [-0.25, -0.2) is 9.50 Å². The molecule has 0 unspecified atom stereocenters. The van der Waals surface area contributed by atoms with Crippen LogP contribution < -0.4 is 4.74 Å². The van der Waals surface area contributed by atoms with E-state index in [-0.39, 0.29) is 18.3 Å². The van der Waals surface area contributed by atoms with Gasteiger partial charge in [0.1, 0.15) is 11.3 Å². The van der Waals surface area contributed by atoms with E-state index >= 15 is 0 Å². The van der Waals surface area contributed by atoms with Gasteiger partial charge in [0.05, 0.1) is 13.3 Å². The monoisotopic (exact) mass is 413 g/mol. The van der Waals surface area contributed by atoms with E-state index in [9.17, 15) is 4.79 Å². The summed E-state index contributed by atoms with van der Waals surface area (Å²) in [4.78, 5) is 21.9. The highest BCUT2D eigenvalue weighted by Gasteiger charge is 2.47. The maximum Gasteiger partial charge on any atom is 0.259 e. The third-order valence-electron chi connectivity index (χ3n) is 6.15. The zero-order valence-electron chi connectivity index (χ0n) is 16.4. The highest BCUT2D eigenvalue weighted by atomic mass is 35.5. The molecule has 0 saturated carbocycles. The zero-order valence-corrected chi connectivity index (χ0v) is 17.2. The highest BCUT2D eigenvalue weighted by molar-refractivity contribution is 5.99. The lowest BCUT2D eigenvalue weighted by Gasteiger charge is -2.27. The normalized spacial score (nSPS) is 23.8. The average Bonchev–Trinajstić information content (AvgIpc) is 3.40. The summed E-state index contributed by atoms with van der Waals surface area (Å²) in [7, 11) is 3.86. The standard InChI is InChI=1S/C21H23N5O2.ClH/c1-24-11-15-12-25(21(27)17-10-23-26-9-3-8-22-20(17)26)13-18(15)19(24)14-4-6-16(28-2)7-5-14;/h3-10,15,18-19H,11-13H2,1-2H3;1H/t15-,18+,19-;/m0./s1. The largest absolute Gasteiger partial charge is 0.497 e. The second-order valence-electron chi connectivity index (χ2n) is 7.74. The van der Waals surface area contributed by atoms with Gasteiger partial charge in [-0.3, -0.25) is 9.69 Å². The van der Waals surface area contributed by atoms with Gasteiger partial charge in [0, 0.05) is 44.0 Å². The Morgan fingerprint density at radius 1 is 1.17 bits per heavy atom. The minimum Gasteiger partial charge on any atom is -0.497 e. The quantitative estimate of drug-likeness (QED) is 0.660. The smallest absolute Gasteiger partial charge is 0.259 e. The fraction of sp³-hybridized carbons (Fsp3) is 0.381. The molecule has 1 aromatic carbocycles. The molecule has 29 heavy (non-hydrogen) atoms. The van der Waals surface area contributed by atoms with E-state index < -0.39 is 0 Å². The Kier molecular flexibility index (Phi) is 5.19. The van der Waals surface area contributed by atoms with Crippen molar-refractivity contribution in [2.45, 2.75) is 6.04 Å². The van der Waals surface area contributed by atoms with Crippen LogP contribution in [0, 0.1) is 11.8 Å². The number of methoxy groups -OCH3 is 1. The summed E-state index contributed by atoms with van der Waals surface area (Å²) >= 11 is 0. The van der Waals surface area contributed by atoms with Crippen molar-refractivity contribution in [2.75, 3.05) is 33.8 Å². The first-order chi connectivity index (χ1) is 13.7. The summed E-state index contributed by atoms with van der Waals surface area (Å²) in [5.41, 5.74) is 2.48. The Hall–Kier alpha value is -2.64. The Morgan fingerprint density at radius 3 is 2.72 bits per heavy atom. The van der Waals surface area contributed by atoms with Gasteiger partial charge in [0.25, 0.3) is 5.91 Å². The third-order valence-corrected chi connectivity index (χ3v) is 6.15. The van der Waals surface area contributed by atoms with Gasteiger partial charge in [0.2, 0.25) is 0 Å². The number of benzene rings is 1. The lowest BCUT2D eigenvalue weighted by atomic mass is 9.89. The SMILES string of the molecule is COc1ccc([C@H]2[C@@H]3CN(C(=O)c4cnn5cccnc45)C[C@@H]3CN2C)cc1.Cl. The predicted molar refractivity (Wildman–Crippen MR) is 111 cm³/mol. The van der Waals surface area contributed by atoms with E-state index in [1.807, 2.05) is 29.3 Å². The molecule has 7 nitrogen and oxygen atoms in total. The van der Waals surface area contributed by atoms with Crippen molar-refractivity contribution in [3.63, 3.8) is 0 Å². The molecule has 2 aliphatic heterocycles. The molecule has 2 fully saturated rings. The van der Waals surface area contributed by atoms with Crippen LogP contribution in [0.5, 0.6) is 5.75 Å². The van der Waals surface area contributed by atoms with Crippen LogP contribution in [0.4, 0.5) is 0 Å². The number of fused-ring (bicyclic) bond motifs is 2. The summed E-state index contributed by atoms with van der Waals surface area (Å²) in [5, 5.41) is 4.26. The number of rotatable bonds is 3. The maximum absolute atomic E-state index is 13.2. The van der Waals surface area contributed by atoms with Crippen LogP contribution in [0.1, 0.15) is 22.0 Å². The van der Waals surface area contributed by atoms with Crippen LogP contribution in [0.25, 0.3) is 5.65 Å². The number of amides is 1. The first-order valence-corrected chi connectivity index (χ1v) is 9.57. The lowest BCUT2D eigenvalue weighted by Crippen LogP contribution is -2.33. The van der Waals surface area contributed by atoms with Crippen molar-refractivity contribution in [1.29, 1.82) is 0 Å². The van der Waals surface area contributed by atoms with E-state index in [1.165, 1.54) is 5.56 Å². The molecular weight excluding hydrogens is 390 g/mol.